The van der Waals surface area contributed by atoms with Gasteiger partial charge in [-0.15, -0.1) is 0 Å². The van der Waals surface area contributed by atoms with Crippen LogP contribution in [0.5, 0.6) is 0 Å². The fraction of sp³-hybridized carbons (Fsp3) is 0.300. The molecule has 1 saturated heterocycles. The molecule has 0 aromatic heterocycles. The van der Waals surface area contributed by atoms with E-state index in [0.29, 0.717) is 13.0 Å². The topological polar surface area (TPSA) is 105 Å². The van der Waals surface area contributed by atoms with Crippen LogP contribution in [0.1, 0.15) is 12.0 Å². The zero-order valence-corrected chi connectivity index (χ0v) is 16.9. The Labute approximate surface area is 174 Å². The number of carbonyl (C=O) groups excluding carboxylic acids is 2. The minimum Gasteiger partial charge on any atom is -0.360 e. The summed E-state index contributed by atoms with van der Waals surface area (Å²) in [4.78, 5) is 24.2. The van der Waals surface area contributed by atoms with Crippen molar-refractivity contribution in [1.82, 2.24) is 14.9 Å². The van der Waals surface area contributed by atoms with Crippen LogP contribution in [0.15, 0.2) is 59.5 Å². The minimum absolute atomic E-state index is 0.120. The second-order valence-corrected chi connectivity index (χ2v) is 8.48. The summed E-state index contributed by atoms with van der Waals surface area (Å²) in [6.45, 7) is 0.226. The molecule has 1 aliphatic heterocycles. The molecule has 3 rings (SSSR count). The number of rotatable bonds is 6. The molecule has 0 aliphatic carbocycles. The van der Waals surface area contributed by atoms with Gasteiger partial charge in [0.2, 0.25) is 10.0 Å². The first-order valence-corrected chi connectivity index (χ1v) is 10.8. The van der Waals surface area contributed by atoms with Crippen molar-refractivity contribution in [2.75, 3.05) is 19.7 Å². The van der Waals surface area contributed by atoms with Crippen LogP contribution in [0.3, 0.4) is 0 Å². The summed E-state index contributed by atoms with van der Waals surface area (Å²) in [6, 6.07) is 13.8. The molecule has 1 heterocycles. The SMILES string of the molecule is O=C(NCc1ccccc1F)C(=O)NC[C@H]1OCCCN1S(=O)(=O)c1ccccc1. The number of halogens is 1. The Hall–Kier alpha value is -2.82. The van der Waals surface area contributed by atoms with Crippen LogP contribution in [0.25, 0.3) is 0 Å². The lowest BCUT2D eigenvalue weighted by molar-refractivity contribution is -0.140. The van der Waals surface area contributed by atoms with E-state index in [9.17, 15) is 22.4 Å². The molecule has 1 fully saturated rings. The molecule has 8 nitrogen and oxygen atoms in total. The minimum atomic E-state index is -3.82. The molecule has 1 aliphatic rings. The summed E-state index contributed by atoms with van der Waals surface area (Å²) in [7, 11) is -3.82. The number of carbonyl (C=O) groups is 2. The van der Waals surface area contributed by atoms with Gasteiger partial charge in [-0.3, -0.25) is 9.59 Å². The molecule has 2 aromatic rings. The highest BCUT2D eigenvalue weighted by molar-refractivity contribution is 7.89. The largest absolute Gasteiger partial charge is 0.360 e. The normalized spacial score (nSPS) is 17.3. The van der Waals surface area contributed by atoms with E-state index in [4.69, 9.17) is 4.74 Å². The molecule has 30 heavy (non-hydrogen) atoms. The van der Waals surface area contributed by atoms with E-state index in [-0.39, 0.29) is 30.1 Å². The van der Waals surface area contributed by atoms with E-state index in [1.54, 1.807) is 24.3 Å². The van der Waals surface area contributed by atoms with E-state index in [0.717, 1.165) is 0 Å². The molecule has 160 valence electrons. The summed E-state index contributed by atoms with van der Waals surface area (Å²) in [5, 5.41) is 4.71. The average molecular weight is 435 g/mol. The highest BCUT2D eigenvalue weighted by Crippen LogP contribution is 2.21. The van der Waals surface area contributed by atoms with Crippen LogP contribution >= 0.6 is 0 Å². The molecule has 1 atom stereocenters. The Morgan fingerprint density at radius 3 is 2.43 bits per heavy atom. The third-order valence-electron chi connectivity index (χ3n) is 4.54. The van der Waals surface area contributed by atoms with Gasteiger partial charge in [0, 0.05) is 18.7 Å². The molecule has 0 saturated carbocycles. The van der Waals surface area contributed by atoms with E-state index >= 15 is 0 Å². The Kier molecular flexibility index (Phi) is 7.14. The third kappa shape index (κ3) is 5.21. The maximum absolute atomic E-state index is 13.6. The first kappa shape index (κ1) is 21.9. The zero-order valence-electron chi connectivity index (χ0n) is 16.1. The molecule has 0 radical (unpaired) electrons. The van der Waals surface area contributed by atoms with Crippen LogP contribution in [0.4, 0.5) is 4.39 Å². The molecular weight excluding hydrogens is 413 g/mol. The number of hydrogen-bond acceptors (Lipinski definition) is 5. The second-order valence-electron chi connectivity index (χ2n) is 6.59. The first-order chi connectivity index (χ1) is 14.4. The van der Waals surface area contributed by atoms with Crippen LogP contribution < -0.4 is 10.6 Å². The molecular formula is C20H22FN3O5S. The summed E-state index contributed by atoms with van der Waals surface area (Å²) in [5.74, 6) is -2.40. The van der Waals surface area contributed by atoms with Crippen LogP contribution in [0.2, 0.25) is 0 Å². The van der Waals surface area contributed by atoms with Gasteiger partial charge in [0.25, 0.3) is 0 Å². The van der Waals surface area contributed by atoms with Crippen LogP contribution in [-0.2, 0) is 30.9 Å². The molecule has 2 amide bonds. The van der Waals surface area contributed by atoms with E-state index in [1.807, 2.05) is 0 Å². The van der Waals surface area contributed by atoms with E-state index < -0.39 is 33.9 Å². The van der Waals surface area contributed by atoms with Crippen molar-refractivity contribution >= 4 is 21.8 Å². The first-order valence-electron chi connectivity index (χ1n) is 9.37. The maximum atomic E-state index is 13.6. The zero-order chi connectivity index (χ0) is 21.6. The predicted octanol–water partition coefficient (Wildman–Crippen LogP) is 0.995. The Balaban J connectivity index is 1.58. The number of hydrogen-bond donors (Lipinski definition) is 2. The van der Waals surface area contributed by atoms with Gasteiger partial charge in [-0.1, -0.05) is 36.4 Å². The second kappa shape index (κ2) is 9.79. The predicted molar refractivity (Wildman–Crippen MR) is 106 cm³/mol. The highest BCUT2D eigenvalue weighted by Gasteiger charge is 2.34. The van der Waals surface area contributed by atoms with Gasteiger partial charge in [-0.2, -0.15) is 4.31 Å². The lowest BCUT2D eigenvalue weighted by Gasteiger charge is -2.34. The molecule has 10 heteroatoms. The summed E-state index contributed by atoms with van der Waals surface area (Å²) in [5.41, 5.74) is 0.245. The number of ether oxygens (including phenoxy) is 1. The summed E-state index contributed by atoms with van der Waals surface area (Å²) in [6.07, 6.45) is -0.424. The van der Waals surface area contributed by atoms with Crippen molar-refractivity contribution in [2.24, 2.45) is 0 Å². The van der Waals surface area contributed by atoms with Crippen molar-refractivity contribution in [2.45, 2.75) is 24.1 Å². The smallest absolute Gasteiger partial charge is 0.309 e. The number of amides is 2. The number of nitrogens with one attached hydrogen (secondary N) is 2. The Bertz CT molecular complexity index is 1000. The van der Waals surface area contributed by atoms with Crippen molar-refractivity contribution < 1.29 is 27.1 Å². The molecule has 2 N–H and O–H groups in total. The van der Waals surface area contributed by atoms with Gasteiger partial charge in [0.15, 0.2) is 0 Å². The fourth-order valence-electron chi connectivity index (χ4n) is 2.99. The molecule has 2 aromatic carbocycles. The molecule has 0 unspecified atom stereocenters. The lowest BCUT2D eigenvalue weighted by atomic mass is 10.2. The van der Waals surface area contributed by atoms with E-state index in [2.05, 4.69) is 10.6 Å². The maximum Gasteiger partial charge on any atom is 0.309 e. The van der Waals surface area contributed by atoms with Gasteiger partial charge in [0.1, 0.15) is 12.0 Å². The number of benzene rings is 2. The van der Waals surface area contributed by atoms with Crippen LogP contribution in [0, 0.1) is 5.82 Å². The van der Waals surface area contributed by atoms with Crippen molar-refractivity contribution in [3.05, 3.63) is 66.0 Å². The Morgan fingerprint density at radius 1 is 1.03 bits per heavy atom. The summed E-state index contributed by atoms with van der Waals surface area (Å²) >= 11 is 0. The third-order valence-corrected chi connectivity index (χ3v) is 6.45. The van der Waals surface area contributed by atoms with Gasteiger partial charge in [-0.25, -0.2) is 12.8 Å². The molecule has 0 spiro atoms. The summed E-state index contributed by atoms with van der Waals surface area (Å²) < 4.78 is 46.1. The monoisotopic (exact) mass is 435 g/mol. The quantitative estimate of drug-likeness (QED) is 0.659. The highest BCUT2D eigenvalue weighted by atomic mass is 32.2. The number of nitrogens with zero attached hydrogens (tertiary/aromatic N) is 1. The van der Waals surface area contributed by atoms with Crippen molar-refractivity contribution in [3.63, 3.8) is 0 Å². The van der Waals surface area contributed by atoms with Gasteiger partial charge < -0.3 is 15.4 Å². The van der Waals surface area contributed by atoms with Crippen molar-refractivity contribution in [1.29, 1.82) is 0 Å². The van der Waals surface area contributed by atoms with Gasteiger partial charge >= 0.3 is 11.8 Å². The standard InChI is InChI=1S/C20H22FN3O5S/c21-17-10-5-4-7-15(17)13-22-19(25)20(26)23-14-18-24(11-6-12-29-18)30(27,28)16-8-2-1-3-9-16/h1-5,7-10,18H,6,11-14H2,(H,22,25)(H,23,26)/t18-/m1/s1. The van der Waals surface area contributed by atoms with Crippen LogP contribution in [-0.4, -0.2) is 50.5 Å². The van der Waals surface area contributed by atoms with Crippen molar-refractivity contribution in [3.8, 4) is 0 Å². The molecule has 0 bridgehead atoms. The van der Waals surface area contributed by atoms with Gasteiger partial charge in [0.05, 0.1) is 18.0 Å². The lowest BCUT2D eigenvalue weighted by Crippen LogP contribution is -2.53. The average Bonchev–Trinajstić information content (AvgIpc) is 2.77. The Morgan fingerprint density at radius 2 is 1.70 bits per heavy atom. The van der Waals surface area contributed by atoms with Gasteiger partial charge in [-0.05, 0) is 24.6 Å². The number of sulfonamides is 1. The van der Waals surface area contributed by atoms with E-state index in [1.165, 1.54) is 34.6 Å². The fourth-order valence-corrected chi connectivity index (χ4v) is 4.57.